The summed E-state index contributed by atoms with van der Waals surface area (Å²) in [6, 6.07) is 18.1. The predicted octanol–water partition coefficient (Wildman–Crippen LogP) is 3.35. The van der Waals surface area contributed by atoms with E-state index in [0.29, 0.717) is 23.5 Å². The molecule has 0 bridgehead atoms. The van der Waals surface area contributed by atoms with E-state index >= 15 is 0 Å². The molecule has 1 aliphatic carbocycles. The minimum Gasteiger partial charge on any atom is -0.492 e. The van der Waals surface area contributed by atoms with Gasteiger partial charge in [0.15, 0.2) is 0 Å². The van der Waals surface area contributed by atoms with Crippen molar-refractivity contribution in [2.75, 3.05) is 6.61 Å². The van der Waals surface area contributed by atoms with Crippen LogP contribution in [0.1, 0.15) is 17.9 Å². The molecule has 1 saturated carbocycles. The van der Waals surface area contributed by atoms with Crippen LogP contribution in [0.25, 0.3) is 0 Å². The largest absolute Gasteiger partial charge is 0.492 e. The third-order valence-corrected chi connectivity index (χ3v) is 4.26. The van der Waals surface area contributed by atoms with E-state index < -0.39 is 0 Å². The van der Waals surface area contributed by atoms with E-state index in [2.05, 4.69) is 29.7 Å². The van der Waals surface area contributed by atoms with Crippen LogP contribution in [0.15, 0.2) is 54.6 Å². The lowest BCUT2D eigenvalue weighted by molar-refractivity contribution is 0.248. The Labute approximate surface area is 130 Å². The molecule has 2 aromatic rings. The van der Waals surface area contributed by atoms with Crippen LogP contribution in [0.2, 0.25) is 5.02 Å². The topological polar surface area (TPSA) is 47.3 Å². The normalized spacial score (nSPS) is 21.8. The van der Waals surface area contributed by atoms with Gasteiger partial charge in [0.2, 0.25) is 0 Å². The second kappa shape index (κ2) is 6.48. The molecule has 3 nitrogen and oxygen atoms in total. The molecular formula is C17H19ClN2O. The molecule has 21 heavy (non-hydrogen) atoms. The minimum absolute atomic E-state index is 0.147. The summed E-state index contributed by atoms with van der Waals surface area (Å²) in [6.07, 6.45) is 1.15. The fourth-order valence-corrected chi connectivity index (χ4v) is 2.96. The molecule has 110 valence electrons. The van der Waals surface area contributed by atoms with Gasteiger partial charge < -0.3 is 4.74 Å². The highest BCUT2D eigenvalue weighted by Gasteiger charge is 2.43. The van der Waals surface area contributed by atoms with Crippen LogP contribution in [-0.4, -0.2) is 12.6 Å². The van der Waals surface area contributed by atoms with Crippen LogP contribution in [0.3, 0.4) is 0 Å². The van der Waals surface area contributed by atoms with Crippen LogP contribution in [0.5, 0.6) is 5.75 Å². The zero-order chi connectivity index (χ0) is 14.7. The van der Waals surface area contributed by atoms with Gasteiger partial charge in [-0.05, 0) is 42.0 Å². The number of benzene rings is 2. The fraction of sp³-hybridized carbons (Fsp3) is 0.294. The van der Waals surface area contributed by atoms with Gasteiger partial charge in [-0.25, -0.2) is 0 Å². The molecule has 2 aromatic carbocycles. The van der Waals surface area contributed by atoms with Crippen LogP contribution < -0.4 is 16.0 Å². The lowest BCUT2D eigenvalue weighted by atomic mass is 10.1. The molecule has 4 heteroatoms. The summed E-state index contributed by atoms with van der Waals surface area (Å²) in [6.45, 7) is 0.546. The predicted molar refractivity (Wildman–Crippen MR) is 85.3 cm³/mol. The number of nitrogens with two attached hydrogens (primary N) is 1. The van der Waals surface area contributed by atoms with Crippen LogP contribution in [0, 0.1) is 5.92 Å². The maximum Gasteiger partial charge on any atom is 0.120 e. The molecule has 3 rings (SSSR count). The molecule has 0 radical (unpaired) electrons. The summed E-state index contributed by atoms with van der Waals surface area (Å²) in [5.74, 6) is 7.57. The molecule has 1 fully saturated rings. The SMILES string of the molecule is NNC(COc1cccc(Cl)c1)C1CC1c1ccccc1. The average molecular weight is 303 g/mol. The number of hydrogen-bond acceptors (Lipinski definition) is 3. The van der Waals surface area contributed by atoms with E-state index in [1.807, 2.05) is 30.3 Å². The summed E-state index contributed by atoms with van der Waals surface area (Å²) in [7, 11) is 0. The summed E-state index contributed by atoms with van der Waals surface area (Å²) in [4.78, 5) is 0. The Hall–Kier alpha value is -1.55. The first-order chi connectivity index (χ1) is 10.3. The van der Waals surface area contributed by atoms with Gasteiger partial charge in [-0.1, -0.05) is 48.0 Å². The Bertz CT molecular complexity index is 590. The second-order valence-corrected chi connectivity index (χ2v) is 5.89. The summed E-state index contributed by atoms with van der Waals surface area (Å²) >= 11 is 5.95. The third-order valence-electron chi connectivity index (χ3n) is 4.02. The van der Waals surface area contributed by atoms with Gasteiger partial charge in [0.25, 0.3) is 0 Å². The molecular weight excluding hydrogens is 284 g/mol. The van der Waals surface area contributed by atoms with Crippen molar-refractivity contribution < 1.29 is 4.74 Å². The Morgan fingerprint density at radius 2 is 2.00 bits per heavy atom. The van der Waals surface area contributed by atoms with Crippen LogP contribution in [0.4, 0.5) is 0 Å². The van der Waals surface area contributed by atoms with Crippen molar-refractivity contribution in [3.63, 3.8) is 0 Å². The van der Waals surface area contributed by atoms with Crippen molar-refractivity contribution in [1.82, 2.24) is 5.43 Å². The maximum absolute atomic E-state index is 5.95. The van der Waals surface area contributed by atoms with Crippen molar-refractivity contribution in [3.8, 4) is 5.75 Å². The molecule has 0 aliphatic heterocycles. The van der Waals surface area contributed by atoms with Crippen molar-refractivity contribution in [1.29, 1.82) is 0 Å². The van der Waals surface area contributed by atoms with Crippen molar-refractivity contribution in [2.24, 2.45) is 11.8 Å². The monoisotopic (exact) mass is 302 g/mol. The summed E-state index contributed by atoms with van der Waals surface area (Å²) in [5.41, 5.74) is 4.27. The average Bonchev–Trinajstić information content (AvgIpc) is 3.29. The van der Waals surface area contributed by atoms with Crippen molar-refractivity contribution in [2.45, 2.75) is 18.4 Å². The molecule has 3 atom stereocenters. The van der Waals surface area contributed by atoms with Gasteiger partial charge in [0.1, 0.15) is 12.4 Å². The molecule has 1 aliphatic rings. The number of hydrogen-bond donors (Lipinski definition) is 2. The summed E-state index contributed by atoms with van der Waals surface area (Å²) < 4.78 is 5.80. The summed E-state index contributed by atoms with van der Waals surface area (Å²) in [5, 5.41) is 0.679. The highest BCUT2D eigenvalue weighted by Crippen LogP contribution is 2.49. The number of halogens is 1. The zero-order valence-electron chi connectivity index (χ0n) is 11.7. The van der Waals surface area contributed by atoms with Gasteiger partial charge >= 0.3 is 0 Å². The Kier molecular flexibility index (Phi) is 4.44. The molecule has 0 heterocycles. The quantitative estimate of drug-likeness (QED) is 0.635. The van der Waals surface area contributed by atoms with Gasteiger partial charge in [-0.3, -0.25) is 11.3 Å². The van der Waals surface area contributed by atoms with Crippen LogP contribution >= 0.6 is 11.6 Å². The number of ether oxygens (including phenoxy) is 1. The Balaban J connectivity index is 1.57. The smallest absolute Gasteiger partial charge is 0.120 e. The molecule has 0 amide bonds. The zero-order valence-corrected chi connectivity index (χ0v) is 12.5. The third kappa shape index (κ3) is 3.56. The van der Waals surface area contributed by atoms with E-state index in [1.165, 1.54) is 5.56 Å². The minimum atomic E-state index is 0.147. The number of nitrogens with one attached hydrogen (secondary N) is 1. The fourth-order valence-electron chi connectivity index (χ4n) is 2.78. The van der Waals surface area contributed by atoms with E-state index in [0.717, 1.165) is 12.2 Å². The molecule has 0 aromatic heterocycles. The van der Waals surface area contributed by atoms with Gasteiger partial charge in [-0.15, -0.1) is 0 Å². The standard InChI is InChI=1S/C17H19ClN2O/c18-13-7-4-8-14(9-13)21-11-17(20-19)16-10-15(16)12-5-2-1-3-6-12/h1-9,15-17,20H,10-11,19H2. The van der Waals surface area contributed by atoms with E-state index in [-0.39, 0.29) is 6.04 Å². The van der Waals surface area contributed by atoms with E-state index in [4.69, 9.17) is 22.2 Å². The highest BCUT2D eigenvalue weighted by atomic mass is 35.5. The highest BCUT2D eigenvalue weighted by molar-refractivity contribution is 6.30. The first-order valence-corrected chi connectivity index (χ1v) is 7.55. The second-order valence-electron chi connectivity index (χ2n) is 5.46. The van der Waals surface area contributed by atoms with Gasteiger partial charge in [0.05, 0.1) is 6.04 Å². The van der Waals surface area contributed by atoms with Crippen LogP contribution in [-0.2, 0) is 0 Å². The van der Waals surface area contributed by atoms with Crippen molar-refractivity contribution >= 4 is 11.6 Å². The molecule has 3 unspecified atom stereocenters. The van der Waals surface area contributed by atoms with Gasteiger partial charge in [0, 0.05) is 5.02 Å². The Morgan fingerprint density at radius 1 is 1.19 bits per heavy atom. The number of rotatable bonds is 6. The van der Waals surface area contributed by atoms with Gasteiger partial charge in [-0.2, -0.15) is 0 Å². The lowest BCUT2D eigenvalue weighted by Gasteiger charge is -2.17. The Morgan fingerprint density at radius 3 is 2.71 bits per heavy atom. The number of hydrazine groups is 1. The van der Waals surface area contributed by atoms with E-state index in [1.54, 1.807) is 0 Å². The maximum atomic E-state index is 5.95. The first-order valence-electron chi connectivity index (χ1n) is 7.17. The molecule has 0 saturated heterocycles. The van der Waals surface area contributed by atoms with Crippen molar-refractivity contribution in [3.05, 3.63) is 65.2 Å². The van der Waals surface area contributed by atoms with E-state index in [9.17, 15) is 0 Å². The lowest BCUT2D eigenvalue weighted by Crippen LogP contribution is -2.41. The first kappa shape index (κ1) is 14.4. The molecule has 3 N–H and O–H groups in total. The molecule has 0 spiro atoms.